The summed E-state index contributed by atoms with van der Waals surface area (Å²) in [5.74, 6) is 1.90. The van der Waals surface area contributed by atoms with Gasteiger partial charge < -0.3 is 20.4 Å². The molecule has 0 saturated heterocycles. The Balaban J connectivity index is 0.00000256. The minimum absolute atomic E-state index is 0. The van der Waals surface area contributed by atoms with Gasteiger partial charge in [-0.3, -0.25) is 4.99 Å². The number of nitrogens with one attached hydrogen (secondary N) is 3. The lowest BCUT2D eigenvalue weighted by Gasteiger charge is -2.12. The second-order valence-corrected chi connectivity index (χ2v) is 7.37. The second kappa shape index (κ2) is 10.6. The van der Waals surface area contributed by atoms with Crippen molar-refractivity contribution in [2.24, 2.45) is 10.9 Å². The third kappa shape index (κ3) is 6.07. The molecule has 160 valence electrons. The van der Waals surface area contributed by atoms with E-state index in [4.69, 9.17) is 4.74 Å². The van der Waals surface area contributed by atoms with Gasteiger partial charge in [0.25, 0.3) is 0 Å². The first-order chi connectivity index (χ1) is 14.2. The summed E-state index contributed by atoms with van der Waals surface area (Å²) in [7, 11) is 1.75. The number of pyridine rings is 1. The van der Waals surface area contributed by atoms with Crippen molar-refractivity contribution in [3.05, 3.63) is 59.7 Å². The highest BCUT2D eigenvalue weighted by atomic mass is 127. The molecule has 30 heavy (non-hydrogen) atoms. The zero-order valence-corrected chi connectivity index (χ0v) is 19.3. The van der Waals surface area contributed by atoms with Crippen LogP contribution in [0.2, 0.25) is 0 Å². The van der Waals surface area contributed by atoms with Crippen LogP contribution < -0.4 is 15.4 Å². The number of nitrogens with zero attached hydrogens (tertiary/aromatic N) is 2. The maximum atomic E-state index is 13.3. The van der Waals surface area contributed by atoms with Crippen LogP contribution in [0.4, 0.5) is 4.39 Å². The van der Waals surface area contributed by atoms with Crippen molar-refractivity contribution in [3.8, 4) is 5.88 Å². The lowest BCUT2D eigenvalue weighted by Crippen LogP contribution is -2.37. The van der Waals surface area contributed by atoms with E-state index in [1.807, 2.05) is 30.6 Å². The first-order valence-corrected chi connectivity index (χ1v) is 9.99. The van der Waals surface area contributed by atoms with E-state index in [1.165, 1.54) is 25.0 Å². The number of fused-ring (bicyclic) bond motifs is 1. The van der Waals surface area contributed by atoms with Crippen molar-refractivity contribution in [2.45, 2.75) is 25.8 Å². The third-order valence-electron chi connectivity index (χ3n) is 5.06. The van der Waals surface area contributed by atoms with E-state index in [9.17, 15) is 4.39 Å². The molecule has 0 bridgehead atoms. The fourth-order valence-electron chi connectivity index (χ4n) is 3.18. The van der Waals surface area contributed by atoms with Gasteiger partial charge in [-0.15, -0.1) is 24.0 Å². The molecule has 0 spiro atoms. The molecule has 3 N–H and O–H groups in total. The summed E-state index contributed by atoms with van der Waals surface area (Å²) >= 11 is 0. The van der Waals surface area contributed by atoms with E-state index < -0.39 is 0 Å². The van der Waals surface area contributed by atoms with Crippen molar-refractivity contribution in [1.29, 1.82) is 0 Å². The number of aromatic amines is 1. The highest BCUT2D eigenvalue weighted by Crippen LogP contribution is 2.29. The summed E-state index contributed by atoms with van der Waals surface area (Å²) in [6, 6.07) is 8.75. The van der Waals surface area contributed by atoms with Gasteiger partial charge in [-0.25, -0.2) is 9.37 Å². The van der Waals surface area contributed by atoms with Crippen molar-refractivity contribution in [3.63, 3.8) is 0 Å². The van der Waals surface area contributed by atoms with E-state index in [0.717, 1.165) is 53.5 Å². The van der Waals surface area contributed by atoms with Gasteiger partial charge in [0.2, 0.25) is 5.88 Å². The van der Waals surface area contributed by atoms with E-state index in [2.05, 4.69) is 25.6 Å². The smallest absolute Gasteiger partial charge is 0.213 e. The average molecular weight is 523 g/mol. The molecule has 0 amide bonds. The predicted octanol–water partition coefficient (Wildman–Crippen LogP) is 4.02. The summed E-state index contributed by atoms with van der Waals surface area (Å²) in [5.41, 5.74) is 3.03. The van der Waals surface area contributed by atoms with Crippen LogP contribution in [-0.2, 0) is 13.0 Å². The van der Waals surface area contributed by atoms with Gasteiger partial charge in [0.05, 0.1) is 6.61 Å². The number of aromatic nitrogens is 2. The van der Waals surface area contributed by atoms with E-state index in [1.54, 1.807) is 7.05 Å². The standard InChI is InChI=1S/C22H26FN5O.HI/c1-24-22(25-9-8-17-13-26-20-10-18(23)5-6-19(17)20)28-12-16-4-7-21(27-11-16)29-14-15-2-3-15;/h4-7,10-11,13,15,26H,2-3,8-9,12,14H2,1H3,(H2,24,25,28);1H. The molecule has 4 rings (SSSR count). The Morgan fingerprint density at radius 1 is 1.27 bits per heavy atom. The number of rotatable bonds is 8. The van der Waals surface area contributed by atoms with Crippen LogP contribution in [0.15, 0.2) is 47.7 Å². The number of hydrogen-bond acceptors (Lipinski definition) is 3. The van der Waals surface area contributed by atoms with Gasteiger partial charge in [0, 0.05) is 49.5 Å². The molecule has 2 aromatic heterocycles. The molecule has 3 aromatic rings. The molecular formula is C22H27FIN5O. The molecule has 8 heteroatoms. The largest absolute Gasteiger partial charge is 0.477 e. The van der Waals surface area contributed by atoms with Crippen LogP contribution in [0.1, 0.15) is 24.0 Å². The molecule has 2 heterocycles. The second-order valence-electron chi connectivity index (χ2n) is 7.37. The third-order valence-corrected chi connectivity index (χ3v) is 5.06. The van der Waals surface area contributed by atoms with Crippen molar-refractivity contribution < 1.29 is 9.13 Å². The molecule has 1 aliphatic carbocycles. The SMILES string of the molecule is CN=C(NCCc1c[nH]c2cc(F)ccc12)NCc1ccc(OCC2CC2)nc1.I. The number of ether oxygens (including phenoxy) is 1. The molecule has 0 radical (unpaired) electrons. The van der Waals surface area contributed by atoms with Gasteiger partial charge in [-0.2, -0.15) is 0 Å². The monoisotopic (exact) mass is 523 g/mol. The number of guanidine groups is 1. The van der Waals surface area contributed by atoms with Crippen LogP contribution in [-0.4, -0.2) is 36.1 Å². The Kier molecular flexibility index (Phi) is 7.89. The molecule has 1 aromatic carbocycles. The lowest BCUT2D eigenvalue weighted by atomic mass is 10.1. The zero-order chi connectivity index (χ0) is 20.1. The number of hydrogen-bond donors (Lipinski definition) is 3. The van der Waals surface area contributed by atoms with Gasteiger partial charge in [0.15, 0.2) is 5.96 Å². The summed E-state index contributed by atoms with van der Waals surface area (Å²) < 4.78 is 19.0. The van der Waals surface area contributed by atoms with Crippen LogP contribution >= 0.6 is 24.0 Å². The average Bonchev–Trinajstić information content (AvgIpc) is 3.49. The number of benzene rings is 1. The summed E-state index contributed by atoms with van der Waals surface area (Å²) in [6.07, 6.45) is 7.11. The number of H-pyrrole nitrogens is 1. The van der Waals surface area contributed by atoms with Gasteiger partial charge >= 0.3 is 0 Å². The number of aliphatic imine (C=N–C) groups is 1. The first-order valence-electron chi connectivity index (χ1n) is 9.99. The summed E-state index contributed by atoms with van der Waals surface area (Å²) in [5, 5.41) is 7.65. The highest BCUT2D eigenvalue weighted by Gasteiger charge is 2.22. The van der Waals surface area contributed by atoms with Crippen molar-refractivity contribution >= 4 is 40.8 Å². The van der Waals surface area contributed by atoms with Crippen molar-refractivity contribution in [2.75, 3.05) is 20.2 Å². The molecule has 1 saturated carbocycles. The Labute approximate surface area is 192 Å². The van der Waals surface area contributed by atoms with Crippen LogP contribution in [0, 0.1) is 11.7 Å². The van der Waals surface area contributed by atoms with Crippen LogP contribution in [0.25, 0.3) is 10.9 Å². The quantitative estimate of drug-likeness (QED) is 0.237. The zero-order valence-electron chi connectivity index (χ0n) is 17.0. The van der Waals surface area contributed by atoms with Gasteiger partial charge in [0.1, 0.15) is 5.82 Å². The first kappa shape index (κ1) is 22.3. The normalized spacial score (nSPS) is 13.7. The minimum atomic E-state index is -0.231. The van der Waals surface area contributed by atoms with E-state index in [-0.39, 0.29) is 29.8 Å². The fraction of sp³-hybridized carbons (Fsp3) is 0.364. The molecule has 0 aliphatic heterocycles. The molecular weight excluding hydrogens is 496 g/mol. The fourth-order valence-corrected chi connectivity index (χ4v) is 3.18. The van der Waals surface area contributed by atoms with E-state index >= 15 is 0 Å². The Morgan fingerprint density at radius 2 is 2.13 bits per heavy atom. The summed E-state index contributed by atoms with van der Waals surface area (Å²) in [4.78, 5) is 11.7. The molecule has 1 fully saturated rings. The highest BCUT2D eigenvalue weighted by molar-refractivity contribution is 14.0. The van der Waals surface area contributed by atoms with Crippen molar-refractivity contribution in [1.82, 2.24) is 20.6 Å². The van der Waals surface area contributed by atoms with Crippen LogP contribution in [0.3, 0.4) is 0 Å². The molecule has 0 unspecified atom stereocenters. The molecule has 0 atom stereocenters. The lowest BCUT2D eigenvalue weighted by molar-refractivity contribution is 0.288. The Bertz CT molecular complexity index is 985. The summed E-state index contributed by atoms with van der Waals surface area (Å²) in [6.45, 7) is 2.12. The predicted molar refractivity (Wildman–Crippen MR) is 128 cm³/mol. The molecule has 1 aliphatic rings. The Hall–Kier alpha value is -2.36. The molecule has 6 nitrogen and oxygen atoms in total. The van der Waals surface area contributed by atoms with Crippen LogP contribution in [0.5, 0.6) is 5.88 Å². The maximum Gasteiger partial charge on any atom is 0.213 e. The van der Waals surface area contributed by atoms with E-state index in [0.29, 0.717) is 12.4 Å². The topological polar surface area (TPSA) is 74.3 Å². The minimum Gasteiger partial charge on any atom is -0.477 e. The van der Waals surface area contributed by atoms with Gasteiger partial charge in [-0.1, -0.05) is 6.07 Å². The van der Waals surface area contributed by atoms with Gasteiger partial charge in [-0.05, 0) is 54.5 Å². The Morgan fingerprint density at radius 3 is 2.87 bits per heavy atom. The maximum absolute atomic E-state index is 13.3. The number of halogens is 2.